The lowest BCUT2D eigenvalue weighted by Crippen LogP contribution is -2.42. The molecule has 1 aliphatic carbocycles. The zero-order valence-corrected chi connectivity index (χ0v) is 14.1. The summed E-state index contributed by atoms with van der Waals surface area (Å²) < 4.78 is 0. The van der Waals surface area contributed by atoms with Crippen LogP contribution >= 0.6 is 23.4 Å². The highest BCUT2D eigenvalue weighted by Crippen LogP contribution is 2.38. The average molecular weight is 312 g/mol. The molecular weight excluding hydrogens is 286 g/mol. The maximum atomic E-state index is 5.98. The molecule has 1 aliphatic rings. The fourth-order valence-electron chi connectivity index (χ4n) is 3.20. The molecule has 1 fully saturated rings. The SMILES string of the molecule is CCCC1CCC(NCC)C(Sc2ccc(Cl)cc2)C1. The molecule has 1 N–H and O–H groups in total. The summed E-state index contributed by atoms with van der Waals surface area (Å²) in [5, 5.41) is 5.20. The van der Waals surface area contributed by atoms with Gasteiger partial charge in [-0.2, -0.15) is 0 Å². The van der Waals surface area contributed by atoms with E-state index in [4.69, 9.17) is 11.6 Å². The van der Waals surface area contributed by atoms with Crippen molar-refractivity contribution in [3.05, 3.63) is 29.3 Å². The Morgan fingerprint density at radius 2 is 1.95 bits per heavy atom. The van der Waals surface area contributed by atoms with E-state index in [9.17, 15) is 0 Å². The third-order valence-corrected chi connectivity index (χ3v) is 5.78. The summed E-state index contributed by atoms with van der Waals surface area (Å²) in [6.45, 7) is 5.58. The van der Waals surface area contributed by atoms with Gasteiger partial charge >= 0.3 is 0 Å². The molecule has 112 valence electrons. The molecule has 20 heavy (non-hydrogen) atoms. The van der Waals surface area contributed by atoms with Gasteiger partial charge in [0.1, 0.15) is 0 Å². The van der Waals surface area contributed by atoms with Crippen molar-refractivity contribution < 1.29 is 0 Å². The second-order valence-electron chi connectivity index (χ2n) is 5.74. The van der Waals surface area contributed by atoms with E-state index >= 15 is 0 Å². The zero-order chi connectivity index (χ0) is 14.4. The number of rotatable bonds is 6. The van der Waals surface area contributed by atoms with Crippen molar-refractivity contribution in [2.24, 2.45) is 5.92 Å². The average Bonchev–Trinajstić information content (AvgIpc) is 2.45. The molecule has 2 rings (SSSR count). The fourth-order valence-corrected chi connectivity index (χ4v) is 4.73. The molecule has 3 heteroatoms. The van der Waals surface area contributed by atoms with Gasteiger partial charge in [0.2, 0.25) is 0 Å². The lowest BCUT2D eigenvalue weighted by Gasteiger charge is -2.36. The Morgan fingerprint density at radius 3 is 2.60 bits per heavy atom. The van der Waals surface area contributed by atoms with Gasteiger partial charge in [-0.05, 0) is 56.0 Å². The molecule has 0 heterocycles. The third kappa shape index (κ3) is 4.68. The van der Waals surface area contributed by atoms with Crippen LogP contribution in [0.1, 0.15) is 46.0 Å². The smallest absolute Gasteiger partial charge is 0.0406 e. The van der Waals surface area contributed by atoms with Gasteiger partial charge in [-0.1, -0.05) is 38.3 Å². The summed E-state index contributed by atoms with van der Waals surface area (Å²) >= 11 is 8.01. The molecular formula is C17H26ClNS. The summed E-state index contributed by atoms with van der Waals surface area (Å²) in [5.41, 5.74) is 0. The third-order valence-electron chi connectivity index (χ3n) is 4.16. The van der Waals surface area contributed by atoms with Gasteiger partial charge in [-0.25, -0.2) is 0 Å². The minimum absolute atomic E-state index is 0.661. The predicted molar refractivity (Wildman–Crippen MR) is 90.8 cm³/mol. The number of halogens is 1. The van der Waals surface area contributed by atoms with E-state index in [2.05, 4.69) is 31.3 Å². The molecule has 1 aromatic rings. The van der Waals surface area contributed by atoms with E-state index in [0.717, 1.165) is 17.5 Å². The Balaban J connectivity index is 2.00. The molecule has 1 aromatic carbocycles. The van der Waals surface area contributed by atoms with E-state index in [1.165, 1.54) is 37.0 Å². The van der Waals surface area contributed by atoms with Crippen LogP contribution < -0.4 is 5.32 Å². The normalized spacial score (nSPS) is 26.6. The van der Waals surface area contributed by atoms with Crippen LogP contribution in [0, 0.1) is 5.92 Å². The molecule has 0 bridgehead atoms. The standard InChI is InChI=1S/C17H26ClNS/c1-3-5-13-6-11-16(19-4-2)17(12-13)20-15-9-7-14(18)8-10-15/h7-10,13,16-17,19H,3-6,11-12H2,1-2H3. The molecule has 3 unspecified atom stereocenters. The van der Waals surface area contributed by atoms with Crippen LogP contribution in [0.5, 0.6) is 0 Å². The first-order valence-corrected chi connectivity index (χ1v) is 9.14. The largest absolute Gasteiger partial charge is 0.313 e. The Hall–Kier alpha value is -0.180. The van der Waals surface area contributed by atoms with E-state index in [1.807, 2.05) is 23.9 Å². The first-order chi connectivity index (χ1) is 9.72. The van der Waals surface area contributed by atoms with Crippen LogP contribution in [0.2, 0.25) is 5.02 Å². The van der Waals surface area contributed by atoms with Crippen LogP contribution in [0.4, 0.5) is 0 Å². The first-order valence-electron chi connectivity index (χ1n) is 7.88. The molecule has 0 amide bonds. The van der Waals surface area contributed by atoms with E-state index < -0.39 is 0 Å². The molecule has 3 atom stereocenters. The highest BCUT2D eigenvalue weighted by atomic mass is 35.5. The van der Waals surface area contributed by atoms with Gasteiger partial charge in [0.25, 0.3) is 0 Å². The summed E-state index contributed by atoms with van der Waals surface area (Å²) in [6, 6.07) is 8.96. The zero-order valence-electron chi connectivity index (χ0n) is 12.6. The summed E-state index contributed by atoms with van der Waals surface area (Å²) in [4.78, 5) is 1.35. The fraction of sp³-hybridized carbons (Fsp3) is 0.647. The molecule has 0 spiro atoms. The number of hydrogen-bond acceptors (Lipinski definition) is 2. The van der Waals surface area contributed by atoms with E-state index in [-0.39, 0.29) is 0 Å². The van der Waals surface area contributed by atoms with Gasteiger partial charge in [0.05, 0.1) is 0 Å². The van der Waals surface area contributed by atoms with Crippen LogP contribution in [0.15, 0.2) is 29.2 Å². The van der Waals surface area contributed by atoms with Crippen molar-refractivity contribution in [2.75, 3.05) is 6.54 Å². The van der Waals surface area contributed by atoms with Gasteiger partial charge < -0.3 is 5.32 Å². The quantitative estimate of drug-likeness (QED) is 0.757. The Labute approximate surface area is 132 Å². The van der Waals surface area contributed by atoms with Crippen LogP contribution in [-0.2, 0) is 0 Å². The number of thioether (sulfide) groups is 1. The Kier molecular flexibility index (Phi) is 6.73. The highest BCUT2D eigenvalue weighted by molar-refractivity contribution is 8.00. The maximum absolute atomic E-state index is 5.98. The van der Waals surface area contributed by atoms with Crippen molar-refractivity contribution in [1.82, 2.24) is 5.32 Å². The molecule has 0 saturated heterocycles. The topological polar surface area (TPSA) is 12.0 Å². The molecule has 1 nitrogen and oxygen atoms in total. The van der Waals surface area contributed by atoms with Gasteiger partial charge in [-0.15, -0.1) is 11.8 Å². The number of nitrogens with one attached hydrogen (secondary N) is 1. The summed E-state index contributed by atoms with van der Waals surface area (Å²) in [7, 11) is 0. The number of benzene rings is 1. The van der Waals surface area contributed by atoms with E-state index in [1.54, 1.807) is 0 Å². The lowest BCUT2D eigenvalue weighted by atomic mass is 9.83. The van der Waals surface area contributed by atoms with Gasteiger partial charge in [-0.3, -0.25) is 0 Å². The minimum Gasteiger partial charge on any atom is -0.313 e. The second-order valence-corrected chi connectivity index (χ2v) is 7.49. The van der Waals surface area contributed by atoms with Crippen molar-refractivity contribution >= 4 is 23.4 Å². The maximum Gasteiger partial charge on any atom is 0.0406 e. The van der Waals surface area contributed by atoms with Crippen molar-refractivity contribution in [2.45, 2.75) is 62.1 Å². The summed E-state index contributed by atoms with van der Waals surface area (Å²) in [5.74, 6) is 0.916. The lowest BCUT2D eigenvalue weighted by molar-refractivity contribution is 0.289. The summed E-state index contributed by atoms with van der Waals surface area (Å²) in [6.07, 6.45) is 6.76. The second kappa shape index (κ2) is 8.31. The van der Waals surface area contributed by atoms with Crippen LogP contribution in [0.3, 0.4) is 0 Å². The Morgan fingerprint density at radius 1 is 1.20 bits per heavy atom. The highest BCUT2D eigenvalue weighted by Gasteiger charge is 2.30. The predicted octanol–water partition coefficient (Wildman–Crippen LogP) is 5.38. The van der Waals surface area contributed by atoms with Crippen molar-refractivity contribution in [3.8, 4) is 0 Å². The Bertz CT molecular complexity index is 392. The van der Waals surface area contributed by atoms with Crippen LogP contribution in [0.25, 0.3) is 0 Å². The number of hydrogen-bond donors (Lipinski definition) is 1. The molecule has 0 radical (unpaired) electrons. The monoisotopic (exact) mass is 311 g/mol. The van der Waals surface area contributed by atoms with Gasteiger partial charge in [0.15, 0.2) is 0 Å². The molecule has 0 aromatic heterocycles. The minimum atomic E-state index is 0.661. The van der Waals surface area contributed by atoms with E-state index in [0.29, 0.717) is 11.3 Å². The molecule has 1 saturated carbocycles. The first kappa shape index (κ1) is 16.2. The van der Waals surface area contributed by atoms with Gasteiger partial charge in [0, 0.05) is 21.2 Å². The van der Waals surface area contributed by atoms with Crippen molar-refractivity contribution in [3.63, 3.8) is 0 Å². The van der Waals surface area contributed by atoms with Crippen molar-refractivity contribution in [1.29, 1.82) is 0 Å². The van der Waals surface area contributed by atoms with Crippen LogP contribution in [-0.4, -0.2) is 17.8 Å². The molecule has 0 aliphatic heterocycles.